The highest BCUT2D eigenvalue weighted by molar-refractivity contribution is 5.65. The number of pyridine rings is 1. The molecule has 202 valence electrons. The molecule has 2 aromatic rings. The minimum atomic E-state index is -4.81. The molecule has 1 aliphatic heterocycles. The number of hydrogen-bond acceptors (Lipinski definition) is 8. The van der Waals surface area contributed by atoms with Crippen molar-refractivity contribution in [2.45, 2.75) is 44.7 Å². The molecular formula is C25H32F3N5O4. The molecule has 12 heteroatoms. The van der Waals surface area contributed by atoms with Crippen molar-refractivity contribution in [2.24, 2.45) is 11.8 Å². The number of ether oxygens (including phenoxy) is 2. The lowest BCUT2D eigenvalue weighted by molar-refractivity contribution is -0.384. The molecule has 0 atom stereocenters. The Kier molecular flexibility index (Phi) is 8.70. The molecule has 0 radical (unpaired) electrons. The number of halogens is 3. The molecule has 9 nitrogen and oxygen atoms in total. The molecule has 1 saturated heterocycles. The average molecular weight is 524 g/mol. The van der Waals surface area contributed by atoms with Crippen LogP contribution in [0.1, 0.15) is 31.2 Å². The molecule has 37 heavy (non-hydrogen) atoms. The summed E-state index contributed by atoms with van der Waals surface area (Å²) in [4.78, 5) is 17.5. The Labute approximate surface area is 213 Å². The van der Waals surface area contributed by atoms with Crippen LogP contribution in [0.3, 0.4) is 0 Å². The van der Waals surface area contributed by atoms with Crippen molar-refractivity contribution in [1.82, 2.24) is 9.88 Å². The van der Waals surface area contributed by atoms with Gasteiger partial charge in [-0.1, -0.05) is 18.2 Å². The van der Waals surface area contributed by atoms with E-state index in [2.05, 4.69) is 25.3 Å². The first kappa shape index (κ1) is 26.9. The van der Waals surface area contributed by atoms with Crippen LogP contribution in [0.4, 0.5) is 30.4 Å². The second kappa shape index (κ2) is 12.0. The fourth-order valence-corrected chi connectivity index (χ4v) is 4.95. The molecule has 2 heterocycles. The van der Waals surface area contributed by atoms with E-state index in [1.54, 1.807) is 13.2 Å². The summed E-state index contributed by atoms with van der Waals surface area (Å²) in [5.41, 5.74) is 0.461. The molecule has 0 bridgehead atoms. The van der Waals surface area contributed by atoms with Gasteiger partial charge in [-0.25, -0.2) is 4.98 Å². The van der Waals surface area contributed by atoms with Crippen LogP contribution in [0.2, 0.25) is 0 Å². The minimum absolute atomic E-state index is 0.00264. The van der Waals surface area contributed by atoms with Gasteiger partial charge >= 0.3 is 12.0 Å². The monoisotopic (exact) mass is 523 g/mol. The predicted molar refractivity (Wildman–Crippen MR) is 133 cm³/mol. The smallest absolute Gasteiger partial charge is 0.405 e. The highest BCUT2D eigenvalue weighted by atomic mass is 19.4. The first-order valence-electron chi connectivity index (χ1n) is 12.4. The number of para-hydroxylation sites is 1. The van der Waals surface area contributed by atoms with E-state index in [9.17, 15) is 23.3 Å². The number of nitrogens with one attached hydrogen (secondary N) is 2. The molecular weight excluding hydrogens is 491 g/mol. The second-order valence-corrected chi connectivity index (χ2v) is 9.70. The zero-order chi connectivity index (χ0) is 26.4. The number of methoxy groups -OCH3 is 1. The van der Waals surface area contributed by atoms with Gasteiger partial charge in [-0.2, -0.15) is 0 Å². The van der Waals surface area contributed by atoms with Gasteiger partial charge in [0, 0.05) is 51.5 Å². The van der Waals surface area contributed by atoms with E-state index >= 15 is 0 Å². The van der Waals surface area contributed by atoms with Gasteiger partial charge in [0.2, 0.25) is 0 Å². The number of hydrogen-bond donors (Lipinski definition) is 2. The Morgan fingerprint density at radius 1 is 1.14 bits per heavy atom. The Hall–Kier alpha value is -3.12. The van der Waals surface area contributed by atoms with Gasteiger partial charge in [0.1, 0.15) is 23.5 Å². The van der Waals surface area contributed by atoms with Gasteiger partial charge in [-0.05, 0) is 43.6 Å². The Balaban J connectivity index is 1.31. The second-order valence-electron chi connectivity index (χ2n) is 9.70. The molecule has 0 spiro atoms. The van der Waals surface area contributed by atoms with E-state index in [1.807, 2.05) is 0 Å². The lowest BCUT2D eigenvalue weighted by atomic mass is 9.81. The summed E-state index contributed by atoms with van der Waals surface area (Å²) >= 11 is 0. The van der Waals surface area contributed by atoms with Crippen molar-refractivity contribution in [3.8, 4) is 5.75 Å². The Bertz CT molecular complexity index is 1060. The topological polar surface area (TPSA) is 102 Å². The fraction of sp³-hybridized carbons (Fsp3) is 0.560. The van der Waals surface area contributed by atoms with E-state index < -0.39 is 11.3 Å². The Morgan fingerprint density at radius 2 is 1.84 bits per heavy atom. The van der Waals surface area contributed by atoms with Crippen molar-refractivity contribution in [2.75, 3.05) is 43.9 Å². The van der Waals surface area contributed by atoms with Crippen LogP contribution >= 0.6 is 0 Å². The van der Waals surface area contributed by atoms with Gasteiger partial charge in [0.25, 0.3) is 0 Å². The third kappa shape index (κ3) is 7.68. The SMILES string of the molecule is COC1CN(CC2CCC(CNc3cc(NCc4ccccc4OC(F)(F)F)ncc3[N+](=O)[O-])CC2)C1. The van der Waals surface area contributed by atoms with E-state index in [1.165, 1.54) is 24.3 Å². The van der Waals surface area contributed by atoms with E-state index in [0.717, 1.165) is 51.5 Å². The first-order chi connectivity index (χ1) is 17.7. The largest absolute Gasteiger partial charge is 0.573 e. The van der Waals surface area contributed by atoms with Crippen LogP contribution in [-0.2, 0) is 11.3 Å². The van der Waals surface area contributed by atoms with Gasteiger partial charge < -0.3 is 20.1 Å². The average Bonchev–Trinajstić information content (AvgIpc) is 2.84. The van der Waals surface area contributed by atoms with Crippen molar-refractivity contribution < 1.29 is 27.6 Å². The van der Waals surface area contributed by atoms with Crippen LogP contribution < -0.4 is 15.4 Å². The fourth-order valence-electron chi connectivity index (χ4n) is 4.95. The highest BCUT2D eigenvalue weighted by Gasteiger charge is 2.32. The summed E-state index contributed by atoms with van der Waals surface area (Å²) in [5, 5.41) is 17.7. The third-order valence-electron chi connectivity index (χ3n) is 7.06. The zero-order valence-electron chi connectivity index (χ0n) is 20.7. The van der Waals surface area contributed by atoms with E-state index in [0.29, 0.717) is 36.0 Å². The maximum Gasteiger partial charge on any atom is 0.573 e. The van der Waals surface area contributed by atoms with Gasteiger partial charge in [0.15, 0.2) is 0 Å². The molecule has 1 aromatic heterocycles. The van der Waals surface area contributed by atoms with Crippen LogP contribution in [-0.4, -0.2) is 60.6 Å². The number of nitro groups is 1. The van der Waals surface area contributed by atoms with Crippen LogP contribution in [0.15, 0.2) is 36.5 Å². The van der Waals surface area contributed by atoms with E-state index in [-0.39, 0.29) is 23.5 Å². The molecule has 0 amide bonds. The quantitative estimate of drug-likeness (QED) is 0.312. The number of rotatable bonds is 11. The number of likely N-dealkylation sites (tertiary alicyclic amines) is 1. The molecule has 2 N–H and O–H groups in total. The van der Waals surface area contributed by atoms with Gasteiger partial charge in [-0.15, -0.1) is 13.2 Å². The van der Waals surface area contributed by atoms with Gasteiger partial charge in [0.05, 0.1) is 11.0 Å². The normalized spacial score (nSPS) is 20.8. The molecule has 1 aromatic carbocycles. The van der Waals surface area contributed by atoms with Crippen LogP contribution in [0, 0.1) is 22.0 Å². The standard InChI is InChI=1S/C25H32F3N5O4/c1-36-20-15-32(16-20)14-18-8-6-17(7-9-18)11-29-21-10-24(31-13-22(21)33(34)35)30-12-19-4-2-3-5-23(19)37-25(26,27)28/h2-5,10,13,17-18,20H,6-9,11-12,14-16H2,1H3,(H2,29,30,31). The summed E-state index contributed by atoms with van der Waals surface area (Å²) in [6, 6.07) is 7.31. The maximum absolute atomic E-state index is 12.7. The summed E-state index contributed by atoms with van der Waals surface area (Å²) in [6.45, 7) is 3.71. The highest BCUT2D eigenvalue weighted by Crippen LogP contribution is 2.33. The Morgan fingerprint density at radius 3 is 2.51 bits per heavy atom. The molecule has 4 rings (SSSR count). The van der Waals surface area contributed by atoms with Gasteiger partial charge in [-0.3, -0.25) is 15.0 Å². The molecule has 2 aliphatic rings. The van der Waals surface area contributed by atoms with Crippen molar-refractivity contribution in [3.63, 3.8) is 0 Å². The molecule has 1 aliphatic carbocycles. The lowest BCUT2D eigenvalue weighted by Gasteiger charge is -2.41. The predicted octanol–water partition coefficient (Wildman–Crippen LogP) is 5.05. The number of alkyl halides is 3. The number of anilines is 2. The molecule has 2 fully saturated rings. The van der Waals surface area contributed by atoms with Crippen molar-refractivity contribution >= 4 is 17.2 Å². The number of nitrogens with zero attached hydrogens (tertiary/aromatic N) is 3. The first-order valence-corrected chi connectivity index (χ1v) is 12.4. The number of aromatic nitrogens is 1. The molecule has 1 saturated carbocycles. The summed E-state index contributed by atoms with van der Waals surface area (Å²) in [7, 11) is 1.75. The third-order valence-corrected chi connectivity index (χ3v) is 7.06. The van der Waals surface area contributed by atoms with Crippen molar-refractivity contribution in [3.05, 3.63) is 52.2 Å². The summed E-state index contributed by atoms with van der Waals surface area (Å²) in [5.74, 6) is 1.08. The van der Waals surface area contributed by atoms with Crippen LogP contribution in [0.5, 0.6) is 5.75 Å². The van der Waals surface area contributed by atoms with E-state index in [4.69, 9.17) is 4.74 Å². The summed E-state index contributed by atoms with van der Waals surface area (Å²) < 4.78 is 47.5. The minimum Gasteiger partial charge on any atom is -0.405 e. The zero-order valence-corrected chi connectivity index (χ0v) is 20.7. The van der Waals surface area contributed by atoms with Crippen LogP contribution in [0.25, 0.3) is 0 Å². The maximum atomic E-state index is 12.7. The molecule has 0 unspecified atom stereocenters. The number of benzene rings is 1. The van der Waals surface area contributed by atoms with Crippen molar-refractivity contribution in [1.29, 1.82) is 0 Å². The summed E-state index contributed by atoms with van der Waals surface area (Å²) in [6.07, 6.45) is 1.08. The lowest BCUT2D eigenvalue weighted by Crippen LogP contribution is -2.53.